The van der Waals surface area contributed by atoms with E-state index in [4.69, 9.17) is 11.6 Å². The molecule has 5 heteroatoms. The lowest BCUT2D eigenvalue weighted by molar-refractivity contribution is -0.120. The van der Waals surface area contributed by atoms with Crippen molar-refractivity contribution in [2.45, 2.75) is 12.5 Å². The number of halogens is 1. The number of carbonyl (C=O) groups excluding carboxylic acids is 1. The minimum atomic E-state index is -0.165. The summed E-state index contributed by atoms with van der Waals surface area (Å²) in [5, 5.41) is 5.80. The number of nitrogens with one attached hydrogen (secondary N) is 1. The molecule has 23 heavy (non-hydrogen) atoms. The molecule has 0 fully saturated rings. The van der Waals surface area contributed by atoms with Gasteiger partial charge in [-0.3, -0.25) is 9.78 Å². The summed E-state index contributed by atoms with van der Waals surface area (Å²) < 4.78 is 0. The van der Waals surface area contributed by atoms with Crippen LogP contribution in [0.15, 0.2) is 66.3 Å². The molecule has 0 saturated heterocycles. The third-order valence-corrected chi connectivity index (χ3v) is 4.64. The summed E-state index contributed by atoms with van der Waals surface area (Å²) >= 11 is 7.58. The molecule has 0 bridgehead atoms. The molecular weight excluding hydrogens is 328 g/mol. The van der Waals surface area contributed by atoms with Crippen LogP contribution in [0.5, 0.6) is 0 Å². The highest BCUT2D eigenvalue weighted by atomic mass is 35.5. The second-order valence-corrected chi connectivity index (χ2v) is 6.52. The topological polar surface area (TPSA) is 42.0 Å². The Morgan fingerprint density at radius 3 is 2.52 bits per heavy atom. The van der Waals surface area contributed by atoms with Crippen molar-refractivity contribution in [3.05, 3.63) is 87.3 Å². The second kappa shape index (κ2) is 7.40. The fourth-order valence-electron chi connectivity index (χ4n) is 2.33. The third-order valence-electron chi connectivity index (χ3n) is 3.45. The van der Waals surface area contributed by atoms with Gasteiger partial charge in [-0.25, -0.2) is 0 Å². The Morgan fingerprint density at radius 1 is 1.13 bits per heavy atom. The van der Waals surface area contributed by atoms with Gasteiger partial charge in [0.1, 0.15) is 0 Å². The average molecular weight is 343 g/mol. The molecule has 0 radical (unpaired) electrons. The van der Waals surface area contributed by atoms with Crippen molar-refractivity contribution in [2.24, 2.45) is 0 Å². The Labute approximate surface area is 144 Å². The fraction of sp³-hybridized carbons (Fsp3) is 0.111. The van der Waals surface area contributed by atoms with Gasteiger partial charge in [0.15, 0.2) is 0 Å². The van der Waals surface area contributed by atoms with E-state index in [0.717, 1.165) is 16.0 Å². The normalized spacial score (nSPS) is 11.9. The van der Waals surface area contributed by atoms with Crippen LogP contribution >= 0.6 is 22.9 Å². The van der Waals surface area contributed by atoms with Gasteiger partial charge in [0.05, 0.1) is 12.5 Å². The smallest absolute Gasteiger partial charge is 0.225 e. The van der Waals surface area contributed by atoms with Crippen LogP contribution in [0.3, 0.4) is 0 Å². The highest BCUT2D eigenvalue weighted by molar-refractivity contribution is 7.10. The molecule has 0 aliphatic rings. The van der Waals surface area contributed by atoms with Crippen molar-refractivity contribution in [1.29, 1.82) is 0 Å². The van der Waals surface area contributed by atoms with E-state index in [-0.39, 0.29) is 11.9 Å². The Balaban J connectivity index is 1.79. The van der Waals surface area contributed by atoms with Crippen molar-refractivity contribution in [3.63, 3.8) is 0 Å². The summed E-state index contributed by atoms with van der Waals surface area (Å²) in [5.41, 5.74) is 1.96. The quantitative estimate of drug-likeness (QED) is 0.753. The zero-order valence-corrected chi connectivity index (χ0v) is 13.8. The number of thiophene rings is 1. The maximum atomic E-state index is 12.4. The van der Waals surface area contributed by atoms with E-state index in [1.807, 2.05) is 53.9 Å². The third kappa shape index (κ3) is 4.18. The maximum Gasteiger partial charge on any atom is 0.225 e. The lowest BCUT2D eigenvalue weighted by Crippen LogP contribution is -2.30. The van der Waals surface area contributed by atoms with Crippen molar-refractivity contribution < 1.29 is 4.79 Å². The van der Waals surface area contributed by atoms with Crippen LogP contribution in [0.1, 0.15) is 22.0 Å². The van der Waals surface area contributed by atoms with Crippen LogP contribution in [0.2, 0.25) is 5.02 Å². The predicted molar refractivity (Wildman–Crippen MR) is 93.7 cm³/mol. The molecule has 0 unspecified atom stereocenters. The molecule has 2 heterocycles. The maximum absolute atomic E-state index is 12.4. The van der Waals surface area contributed by atoms with Gasteiger partial charge in [0.2, 0.25) is 5.91 Å². The Hall–Kier alpha value is -2.17. The van der Waals surface area contributed by atoms with E-state index >= 15 is 0 Å². The number of benzene rings is 1. The summed E-state index contributed by atoms with van der Waals surface area (Å²) in [4.78, 5) is 17.5. The first-order valence-corrected chi connectivity index (χ1v) is 8.45. The Morgan fingerprint density at radius 2 is 1.87 bits per heavy atom. The molecule has 0 spiro atoms. The van der Waals surface area contributed by atoms with Gasteiger partial charge in [-0.15, -0.1) is 11.3 Å². The summed E-state index contributed by atoms with van der Waals surface area (Å²) in [7, 11) is 0. The molecule has 3 aromatic rings. The number of hydrogen-bond donors (Lipinski definition) is 1. The van der Waals surface area contributed by atoms with Crippen molar-refractivity contribution in [2.75, 3.05) is 0 Å². The van der Waals surface area contributed by atoms with Gasteiger partial charge in [0, 0.05) is 22.3 Å². The zero-order chi connectivity index (χ0) is 16.1. The average Bonchev–Trinajstić information content (AvgIpc) is 3.09. The molecule has 1 N–H and O–H groups in total. The van der Waals surface area contributed by atoms with Crippen LogP contribution in [-0.4, -0.2) is 10.9 Å². The Kier molecular flexibility index (Phi) is 5.05. The molecule has 0 saturated carbocycles. The predicted octanol–water partition coefficient (Wildman–Crippen LogP) is 4.24. The van der Waals surface area contributed by atoms with Crippen molar-refractivity contribution in [1.82, 2.24) is 10.3 Å². The first-order chi connectivity index (χ1) is 11.2. The van der Waals surface area contributed by atoms with Gasteiger partial charge in [-0.2, -0.15) is 0 Å². The minimum absolute atomic E-state index is 0.0236. The molecular formula is C18H15ClN2OS. The molecule has 0 aliphatic heterocycles. The number of amides is 1. The summed E-state index contributed by atoms with van der Waals surface area (Å²) in [6.07, 6.45) is 3.72. The van der Waals surface area contributed by atoms with Crippen LogP contribution < -0.4 is 5.32 Å². The summed E-state index contributed by atoms with van der Waals surface area (Å²) in [6.45, 7) is 0. The minimum Gasteiger partial charge on any atom is -0.344 e. The van der Waals surface area contributed by atoms with E-state index in [0.29, 0.717) is 11.4 Å². The van der Waals surface area contributed by atoms with E-state index in [9.17, 15) is 4.79 Å². The van der Waals surface area contributed by atoms with E-state index in [2.05, 4.69) is 10.3 Å². The van der Waals surface area contributed by atoms with E-state index < -0.39 is 0 Å². The molecule has 1 atom stereocenters. The van der Waals surface area contributed by atoms with Gasteiger partial charge in [-0.1, -0.05) is 29.8 Å². The number of hydrogen-bond acceptors (Lipinski definition) is 3. The van der Waals surface area contributed by atoms with Crippen LogP contribution in [0, 0.1) is 0 Å². The standard InChI is InChI=1S/C18H15ClN2OS/c19-15-5-3-14(4-6-15)18(16-2-1-11-23-16)21-17(22)12-13-7-9-20-10-8-13/h1-11,18H,12H2,(H,21,22)/t18-/m0/s1. The van der Waals surface area contributed by atoms with Gasteiger partial charge in [-0.05, 0) is 46.8 Å². The molecule has 116 valence electrons. The molecule has 0 aliphatic carbocycles. The van der Waals surface area contributed by atoms with E-state index in [1.165, 1.54) is 0 Å². The first kappa shape index (κ1) is 15.7. The molecule has 1 aromatic carbocycles. The number of pyridine rings is 1. The number of carbonyl (C=O) groups is 1. The van der Waals surface area contributed by atoms with Crippen molar-refractivity contribution >= 4 is 28.8 Å². The van der Waals surface area contributed by atoms with Crippen LogP contribution in [0.25, 0.3) is 0 Å². The van der Waals surface area contributed by atoms with Gasteiger partial charge in [0.25, 0.3) is 0 Å². The molecule has 3 rings (SSSR count). The van der Waals surface area contributed by atoms with Crippen molar-refractivity contribution in [3.8, 4) is 0 Å². The zero-order valence-electron chi connectivity index (χ0n) is 12.3. The number of aromatic nitrogens is 1. The van der Waals surface area contributed by atoms with Gasteiger partial charge >= 0.3 is 0 Å². The molecule has 2 aromatic heterocycles. The van der Waals surface area contributed by atoms with Crippen LogP contribution in [0.4, 0.5) is 0 Å². The number of rotatable bonds is 5. The monoisotopic (exact) mass is 342 g/mol. The van der Waals surface area contributed by atoms with E-state index in [1.54, 1.807) is 23.7 Å². The largest absolute Gasteiger partial charge is 0.344 e. The summed E-state index contributed by atoms with van der Waals surface area (Å²) in [5.74, 6) is -0.0236. The Bertz CT molecular complexity index is 757. The first-order valence-electron chi connectivity index (χ1n) is 7.19. The number of nitrogens with zero attached hydrogens (tertiary/aromatic N) is 1. The molecule has 3 nitrogen and oxygen atoms in total. The van der Waals surface area contributed by atoms with Gasteiger partial charge < -0.3 is 5.32 Å². The summed E-state index contributed by atoms with van der Waals surface area (Å²) in [6, 6.07) is 15.1. The lowest BCUT2D eigenvalue weighted by Gasteiger charge is -2.18. The van der Waals surface area contributed by atoms with Crippen LogP contribution in [-0.2, 0) is 11.2 Å². The molecule has 1 amide bonds. The lowest BCUT2D eigenvalue weighted by atomic mass is 10.0. The SMILES string of the molecule is O=C(Cc1ccncc1)N[C@@H](c1ccc(Cl)cc1)c1cccs1. The highest BCUT2D eigenvalue weighted by Crippen LogP contribution is 2.27. The highest BCUT2D eigenvalue weighted by Gasteiger charge is 2.18. The second-order valence-electron chi connectivity index (χ2n) is 5.10. The fourth-order valence-corrected chi connectivity index (χ4v) is 3.26.